The van der Waals surface area contributed by atoms with Crippen molar-refractivity contribution in [2.45, 2.75) is 6.04 Å². The van der Waals surface area contributed by atoms with Crippen molar-refractivity contribution in [2.75, 3.05) is 58.5 Å². The van der Waals surface area contributed by atoms with E-state index in [0.717, 1.165) is 12.1 Å². The molecule has 2 N–H and O–H groups in total. The number of hydrogen-bond acceptors (Lipinski definition) is 6. The standard InChI is InChI=1S/C18H26N4O2/c1-21(2)11-10-19-15-16(18(24)17(15)23)20-12-14(22(3)4)13-8-6-5-7-9-13/h5-9,14,19-20H,10-12H2,1-4H3. The summed E-state index contributed by atoms with van der Waals surface area (Å²) in [5.74, 6) is 0. The number of anilines is 2. The molecular weight excluding hydrogens is 304 g/mol. The van der Waals surface area contributed by atoms with Crippen LogP contribution in [0.5, 0.6) is 0 Å². The minimum absolute atomic E-state index is 0.116. The van der Waals surface area contributed by atoms with Gasteiger partial charge in [-0.05, 0) is 33.8 Å². The number of rotatable bonds is 9. The molecule has 6 nitrogen and oxygen atoms in total. The molecule has 6 heteroatoms. The monoisotopic (exact) mass is 330 g/mol. The highest BCUT2D eigenvalue weighted by atomic mass is 16.2. The summed E-state index contributed by atoms with van der Waals surface area (Å²) >= 11 is 0. The van der Waals surface area contributed by atoms with Gasteiger partial charge in [-0.3, -0.25) is 9.59 Å². The predicted molar refractivity (Wildman–Crippen MR) is 99.8 cm³/mol. The van der Waals surface area contributed by atoms with Gasteiger partial charge in [-0.1, -0.05) is 30.3 Å². The molecule has 2 aromatic rings. The third kappa shape index (κ3) is 4.21. The molecule has 0 heterocycles. The molecule has 0 fully saturated rings. The van der Waals surface area contributed by atoms with E-state index in [2.05, 4.69) is 27.7 Å². The molecule has 0 aromatic heterocycles. The first-order valence-corrected chi connectivity index (χ1v) is 8.09. The van der Waals surface area contributed by atoms with Crippen LogP contribution in [0.3, 0.4) is 0 Å². The van der Waals surface area contributed by atoms with Crippen LogP contribution in [0.2, 0.25) is 0 Å². The summed E-state index contributed by atoms with van der Waals surface area (Å²) in [6, 6.07) is 10.2. The Morgan fingerprint density at radius 2 is 1.50 bits per heavy atom. The lowest BCUT2D eigenvalue weighted by molar-refractivity contribution is 0.312. The van der Waals surface area contributed by atoms with Gasteiger partial charge in [-0.15, -0.1) is 0 Å². The summed E-state index contributed by atoms with van der Waals surface area (Å²) in [7, 11) is 7.92. The first kappa shape index (κ1) is 18.2. The van der Waals surface area contributed by atoms with E-state index in [9.17, 15) is 9.59 Å². The topological polar surface area (TPSA) is 64.7 Å². The van der Waals surface area contributed by atoms with E-state index in [1.54, 1.807) is 0 Å². The summed E-state index contributed by atoms with van der Waals surface area (Å²) in [4.78, 5) is 27.7. The molecule has 0 spiro atoms. The number of benzene rings is 1. The van der Waals surface area contributed by atoms with Gasteiger partial charge in [-0.2, -0.15) is 0 Å². The van der Waals surface area contributed by atoms with Crippen LogP contribution in [0.25, 0.3) is 0 Å². The van der Waals surface area contributed by atoms with Gasteiger partial charge in [0, 0.05) is 19.6 Å². The lowest BCUT2D eigenvalue weighted by Gasteiger charge is -2.26. The van der Waals surface area contributed by atoms with Crippen molar-refractivity contribution in [2.24, 2.45) is 0 Å². The van der Waals surface area contributed by atoms with Crippen molar-refractivity contribution >= 4 is 11.4 Å². The van der Waals surface area contributed by atoms with Crippen molar-refractivity contribution in [3.8, 4) is 0 Å². The van der Waals surface area contributed by atoms with Gasteiger partial charge < -0.3 is 20.4 Å². The average Bonchev–Trinajstić information content (AvgIpc) is 2.56. The second-order valence-electron chi connectivity index (χ2n) is 6.41. The van der Waals surface area contributed by atoms with Gasteiger partial charge >= 0.3 is 0 Å². The van der Waals surface area contributed by atoms with Crippen molar-refractivity contribution in [1.82, 2.24) is 9.80 Å². The van der Waals surface area contributed by atoms with E-state index in [1.807, 2.05) is 51.3 Å². The van der Waals surface area contributed by atoms with Gasteiger partial charge in [0.15, 0.2) is 0 Å². The average molecular weight is 330 g/mol. The number of likely N-dealkylation sites (N-methyl/N-ethyl adjacent to an activating group) is 2. The van der Waals surface area contributed by atoms with Gasteiger partial charge in [0.1, 0.15) is 11.4 Å². The van der Waals surface area contributed by atoms with Crippen LogP contribution in [0.15, 0.2) is 39.9 Å². The highest BCUT2D eigenvalue weighted by Crippen LogP contribution is 2.20. The minimum Gasteiger partial charge on any atom is -0.379 e. The molecule has 0 aliphatic carbocycles. The van der Waals surface area contributed by atoms with Crippen molar-refractivity contribution < 1.29 is 0 Å². The number of hydrogen-bond donors (Lipinski definition) is 2. The van der Waals surface area contributed by atoms with E-state index in [4.69, 9.17) is 0 Å². The van der Waals surface area contributed by atoms with E-state index in [1.165, 1.54) is 0 Å². The van der Waals surface area contributed by atoms with E-state index < -0.39 is 10.9 Å². The molecule has 0 saturated heterocycles. The quantitative estimate of drug-likeness (QED) is 0.668. The Balaban J connectivity index is 2.04. The molecule has 0 aliphatic heterocycles. The molecule has 1 atom stereocenters. The highest BCUT2D eigenvalue weighted by Gasteiger charge is 2.22. The molecule has 2 rings (SSSR count). The van der Waals surface area contributed by atoms with Crippen molar-refractivity contribution in [1.29, 1.82) is 0 Å². The van der Waals surface area contributed by atoms with E-state index in [0.29, 0.717) is 24.5 Å². The Morgan fingerprint density at radius 1 is 0.917 bits per heavy atom. The maximum absolute atomic E-state index is 11.9. The van der Waals surface area contributed by atoms with Gasteiger partial charge in [0.25, 0.3) is 10.9 Å². The molecule has 130 valence electrons. The third-order valence-electron chi connectivity index (χ3n) is 4.05. The minimum atomic E-state index is -0.437. The lowest BCUT2D eigenvalue weighted by Crippen LogP contribution is -2.40. The number of nitrogens with one attached hydrogen (secondary N) is 2. The lowest BCUT2D eigenvalue weighted by atomic mass is 10.1. The van der Waals surface area contributed by atoms with E-state index >= 15 is 0 Å². The molecule has 0 amide bonds. The fourth-order valence-electron chi connectivity index (χ4n) is 2.61. The molecule has 0 radical (unpaired) electrons. The highest BCUT2D eigenvalue weighted by molar-refractivity contribution is 5.74. The molecule has 0 saturated carbocycles. The fraction of sp³-hybridized carbons (Fsp3) is 0.444. The fourth-order valence-corrected chi connectivity index (χ4v) is 2.61. The van der Waals surface area contributed by atoms with Crippen LogP contribution in [0.4, 0.5) is 11.4 Å². The largest absolute Gasteiger partial charge is 0.379 e. The van der Waals surface area contributed by atoms with Gasteiger partial charge in [0.05, 0.1) is 6.04 Å². The zero-order valence-electron chi connectivity index (χ0n) is 14.8. The molecule has 24 heavy (non-hydrogen) atoms. The van der Waals surface area contributed by atoms with E-state index in [-0.39, 0.29) is 6.04 Å². The summed E-state index contributed by atoms with van der Waals surface area (Å²) < 4.78 is 0. The Morgan fingerprint density at radius 3 is 2.04 bits per heavy atom. The molecule has 2 aromatic carbocycles. The molecule has 1 unspecified atom stereocenters. The van der Waals surface area contributed by atoms with Crippen LogP contribution in [-0.2, 0) is 0 Å². The zero-order valence-corrected chi connectivity index (χ0v) is 14.8. The smallest absolute Gasteiger partial charge is 0.253 e. The van der Waals surface area contributed by atoms with Gasteiger partial charge in [-0.25, -0.2) is 0 Å². The molecule has 0 bridgehead atoms. The Bertz CT molecular complexity index is 718. The van der Waals surface area contributed by atoms with Crippen molar-refractivity contribution in [3.05, 3.63) is 56.3 Å². The van der Waals surface area contributed by atoms with Crippen LogP contribution < -0.4 is 21.5 Å². The van der Waals surface area contributed by atoms with Gasteiger partial charge in [0.2, 0.25) is 0 Å². The summed E-state index contributed by atoms with van der Waals surface area (Å²) in [5.41, 5.74) is 1.11. The SMILES string of the molecule is CN(C)CCNc1c(NCC(c2ccccc2)N(C)C)c(=O)c1=O. The maximum atomic E-state index is 11.9. The predicted octanol–water partition coefficient (Wildman–Crippen LogP) is 0.971. The summed E-state index contributed by atoms with van der Waals surface area (Å²) in [6.45, 7) is 1.98. The summed E-state index contributed by atoms with van der Waals surface area (Å²) in [6.07, 6.45) is 0. The Labute approximate surface area is 142 Å². The van der Waals surface area contributed by atoms with Crippen LogP contribution in [0, 0.1) is 0 Å². The first-order valence-electron chi connectivity index (χ1n) is 8.09. The second kappa shape index (κ2) is 8.08. The van der Waals surface area contributed by atoms with Crippen molar-refractivity contribution in [3.63, 3.8) is 0 Å². The second-order valence-corrected chi connectivity index (χ2v) is 6.41. The maximum Gasteiger partial charge on any atom is 0.253 e. The van der Waals surface area contributed by atoms with Crippen LogP contribution in [0.1, 0.15) is 11.6 Å². The molecular formula is C18H26N4O2. The van der Waals surface area contributed by atoms with Crippen LogP contribution >= 0.6 is 0 Å². The third-order valence-corrected chi connectivity index (χ3v) is 4.05. The normalized spacial score (nSPS) is 12.8. The first-order chi connectivity index (χ1) is 11.4. The molecule has 0 aliphatic rings. The Kier molecular flexibility index (Phi) is 6.11. The summed E-state index contributed by atoms with van der Waals surface area (Å²) in [5, 5.41) is 6.22. The number of nitrogens with zero attached hydrogens (tertiary/aromatic N) is 2. The Hall–Kier alpha value is -2.18. The van der Waals surface area contributed by atoms with Crippen LogP contribution in [-0.4, -0.2) is 57.6 Å². The zero-order chi connectivity index (χ0) is 17.7.